The van der Waals surface area contributed by atoms with Crippen molar-refractivity contribution in [3.05, 3.63) is 89.5 Å². The highest BCUT2D eigenvalue weighted by Gasteiger charge is 2.50. The lowest BCUT2D eigenvalue weighted by Crippen LogP contribution is -2.46. The zero-order chi connectivity index (χ0) is 36.9. The summed E-state index contributed by atoms with van der Waals surface area (Å²) in [6.45, 7) is 9.68. The first-order chi connectivity index (χ1) is 24.1. The summed E-state index contributed by atoms with van der Waals surface area (Å²) in [4.78, 5) is 53.9. The van der Waals surface area contributed by atoms with Gasteiger partial charge in [0.1, 0.15) is 30.1 Å². The van der Waals surface area contributed by atoms with Gasteiger partial charge in [0, 0.05) is 5.92 Å². The third-order valence-corrected chi connectivity index (χ3v) is 8.38. The highest BCUT2D eigenvalue weighted by atomic mass is 16.7. The van der Waals surface area contributed by atoms with E-state index in [9.17, 15) is 19.2 Å². The number of esters is 1. The second-order valence-corrected chi connectivity index (χ2v) is 14.5. The molecule has 0 unspecified atom stereocenters. The van der Waals surface area contributed by atoms with E-state index in [1.165, 1.54) is 4.90 Å². The van der Waals surface area contributed by atoms with Gasteiger partial charge in [0.25, 0.3) is 0 Å². The SMILES string of the molecule is COc1ccc(C[C@@H]2[C@H](OC(=O)CNC(=O)OCC3c4ccccc4-c4ccccc43)[C@@H](OC(=O)OC(C)(C)C)CN2C(=O)OC(C)(C)C)cc1. The van der Waals surface area contributed by atoms with Crippen molar-refractivity contribution in [1.29, 1.82) is 0 Å². The topological polar surface area (TPSA) is 139 Å². The van der Waals surface area contributed by atoms with Crippen molar-refractivity contribution in [2.45, 2.75) is 83.3 Å². The standard InChI is InChI=1S/C39H46N2O10/c1-38(2,3)50-36(44)41-22-32(48-37(45)51-39(4,5)6)34(31(41)20-24-16-18-25(46-7)19-17-24)49-33(42)21-40-35(43)47-23-30-28-14-10-8-12-26(28)27-13-9-11-15-29(27)30/h8-19,30-32,34H,20-23H2,1-7H3,(H,40,43)/t31-,32+,34+/m1/s1. The molecule has 1 saturated heterocycles. The summed E-state index contributed by atoms with van der Waals surface area (Å²) in [5.74, 6) is -0.337. The number of likely N-dealkylation sites (tertiary alicyclic amines) is 1. The predicted molar refractivity (Wildman–Crippen MR) is 187 cm³/mol. The lowest BCUT2D eigenvalue weighted by Gasteiger charge is -2.30. The Labute approximate surface area is 298 Å². The van der Waals surface area contributed by atoms with Gasteiger partial charge in [-0.2, -0.15) is 0 Å². The molecule has 0 spiro atoms. The third kappa shape index (κ3) is 9.50. The Morgan fingerprint density at radius 3 is 1.94 bits per heavy atom. The van der Waals surface area contributed by atoms with Gasteiger partial charge in [0.15, 0.2) is 12.2 Å². The van der Waals surface area contributed by atoms with Crippen molar-refractivity contribution in [3.8, 4) is 16.9 Å². The molecule has 12 heteroatoms. The molecule has 2 amide bonds. The second-order valence-electron chi connectivity index (χ2n) is 14.5. The summed E-state index contributed by atoms with van der Waals surface area (Å²) in [6.07, 6.45) is -4.48. The van der Waals surface area contributed by atoms with Crippen LogP contribution in [-0.2, 0) is 34.9 Å². The zero-order valence-electron chi connectivity index (χ0n) is 30.1. The van der Waals surface area contributed by atoms with Crippen LogP contribution in [0.15, 0.2) is 72.8 Å². The maximum atomic E-state index is 13.5. The van der Waals surface area contributed by atoms with Gasteiger partial charge >= 0.3 is 24.3 Å². The Morgan fingerprint density at radius 2 is 1.37 bits per heavy atom. The van der Waals surface area contributed by atoms with Crippen LogP contribution in [0.1, 0.15) is 64.2 Å². The molecule has 2 aliphatic rings. The third-order valence-electron chi connectivity index (χ3n) is 8.38. The number of alkyl carbamates (subject to hydrolysis) is 1. The second kappa shape index (κ2) is 15.3. The number of hydrogen-bond acceptors (Lipinski definition) is 10. The summed E-state index contributed by atoms with van der Waals surface area (Å²) in [5.41, 5.74) is 3.41. The Balaban J connectivity index is 1.29. The number of benzene rings is 3. The van der Waals surface area contributed by atoms with E-state index in [1.54, 1.807) is 60.8 Å². The average molecular weight is 703 g/mol. The molecule has 1 heterocycles. The molecule has 3 aromatic rings. The molecule has 1 aliphatic heterocycles. The number of fused-ring (bicyclic) bond motifs is 3. The molecule has 0 aromatic heterocycles. The summed E-state index contributed by atoms with van der Waals surface area (Å²) < 4.78 is 33.5. The quantitative estimate of drug-likeness (QED) is 0.191. The molecule has 272 valence electrons. The van der Waals surface area contributed by atoms with Crippen LogP contribution in [0.4, 0.5) is 14.4 Å². The first-order valence-electron chi connectivity index (χ1n) is 16.9. The maximum absolute atomic E-state index is 13.5. The van der Waals surface area contributed by atoms with Crippen LogP contribution < -0.4 is 10.1 Å². The molecule has 3 aromatic carbocycles. The highest BCUT2D eigenvalue weighted by Crippen LogP contribution is 2.44. The van der Waals surface area contributed by atoms with E-state index in [4.69, 9.17) is 28.4 Å². The zero-order valence-corrected chi connectivity index (χ0v) is 30.1. The fourth-order valence-electron chi connectivity index (χ4n) is 6.26. The molecular formula is C39H46N2O10. The van der Waals surface area contributed by atoms with Gasteiger partial charge in [-0.1, -0.05) is 60.7 Å². The van der Waals surface area contributed by atoms with Crippen LogP contribution in [-0.4, -0.2) is 85.5 Å². The molecule has 5 rings (SSSR count). The fraction of sp³-hybridized carbons (Fsp3) is 0.436. The molecule has 1 N–H and O–H groups in total. The van der Waals surface area contributed by atoms with Gasteiger partial charge in [-0.15, -0.1) is 0 Å². The van der Waals surface area contributed by atoms with Gasteiger partial charge in [-0.3, -0.25) is 9.69 Å². The first-order valence-corrected chi connectivity index (χ1v) is 16.9. The number of carbonyl (C=O) groups excluding carboxylic acids is 4. The average Bonchev–Trinajstić information content (AvgIpc) is 3.56. The summed E-state index contributed by atoms with van der Waals surface area (Å²) >= 11 is 0. The lowest BCUT2D eigenvalue weighted by atomic mass is 9.98. The van der Waals surface area contributed by atoms with Crippen LogP contribution >= 0.6 is 0 Å². The van der Waals surface area contributed by atoms with Crippen molar-refractivity contribution in [3.63, 3.8) is 0 Å². The number of amides is 2. The van der Waals surface area contributed by atoms with E-state index >= 15 is 0 Å². The Morgan fingerprint density at radius 1 is 0.784 bits per heavy atom. The molecular weight excluding hydrogens is 656 g/mol. The molecule has 1 fully saturated rings. The fourth-order valence-corrected chi connectivity index (χ4v) is 6.26. The van der Waals surface area contributed by atoms with Crippen LogP contribution in [0, 0.1) is 0 Å². The Kier molecular flexibility index (Phi) is 11.1. The van der Waals surface area contributed by atoms with E-state index in [0.717, 1.165) is 27.8 Å². The molecule has 51 heavy (non-hydrogen) atoms. The number of nitrogens with zero attached hydrogens (tertiary/aromatic N) is 1. The van der Waals surface area contributed by atoms with Crippen LogP contribution in [0.2, 0.25) is 0 Å². The molecule has 0 radical (unpaired) electrons. The van der Waals surface area contributed by atoms with E-state index in [0.29, 0.717) is 5.75 Å². The summed E-state index contributed by atoms with van der Waals surface area (Å²) in [5, 5.41) is 2.47. The van der Waals surface area contributed by atoms with E-state index in [-0.39, 0.29) is 25.5 Å². The molecule has 3 atom stereocenters. The van der Waals surface area contributed by atoms with Crippen molar-refractivity contribution >= 4 is 24.3 Å². The summed E-state index contributed by atoms with van der Waals surface area (Å²) in [7, 11) is 1.56. The maximum Gasteiger partial charge on any atom is 0.509 e. The minimum absolute atomic E-state index is 0.0676. The Bertz CT molecular complexity index is 1680. The van der Waals surface area contributed by atoms with Gasteiger partial charge < -0.3 is 33.7 Å². The molecule has 0 saturated carbocycles. The van der Waals surface area contributed by atoms with Gasteiger partial charge in [-0.05, 0) is 87.9 Å². The predicted octanol–water partition coefficient (Wildman–Crippen LogP) is 6.63. The van der Waals surface area contributed by atoms with Crippen LogP contribution in [0.25, 0.3) is 11.1 Å². The van der Waals surface area contributed by atoms with Crippen LogP contribution in [0.3, 0.4) is 0 Å². The van der Waals surface area contributed by atoms with Gasteiger partial charge in [0.2, 0.25) is 0 Å². The smallest absolute Gasteiger partial charge is 0.497 e. The molecule has 1 aliphatic carbocycles. The normalized spacial score (nSPS) is 18.3. The van der Waals surface area contributed by atoms with Crippen molar-refractivity contribution in [2.75, 3.05) is 26.8 Å². The highest BCUT2D eigenvalue weighted by molar-refractivity contribution is 5.80. The Hall–Kier alpha value is -5.26. The number of carbonyl (C=O) groups is 4. The van der Waals surface area contributed by atoms with Crippen molar-refractivity contribution in [1.82, 2.24) is 10.2 Å². The number of ether oxygens (including phenoxy) is 6. The number of hydrogen-bond donors (Lipinski definition) is 1. The van der Waals surface area contributed by atoms with E-state index in [2.05, 4.69) is 5.32 Å². The molecule has 0 bridgehead atoms. The van der Waals surface area contributed by atoms with E-state index in [1.807, 2.05) is 60.7 Å². The van der Waals surface area contributed by atoms with Gasteiger partial charge in [-0.25, -0.2) is 14.4 Å². The number of rotatable bonds is 9. The van der Waals surface area contributed by atoms with Crippen LogP contribution in [0.5, 0.6) is 5.75 Å². The number of nitrogens with one attached hydrogen (secondary N) is 1. The minimum atomic E-state index is -1.14. The van der Waals surface area contributed by atoms with Gasteiger partial charge in [0.05, 0.1) is 19.7 Å². The lowest BCUT2D eigenvalue weighted by molar-refractivity contribution is -0.154. The summed E-state index contributed by atoms with van der Waals surface area (Å²) in [6, 6.07) is 22.3. The van der Waals surface area contributed by atoms with Crippen molar-refractivity contribution < 1.29 is 47.6 Å². The number of methoxy groups -OCH3 is 1. The minimum Gasteiger partial charge on any atom is -0.497 e. The largest absolute Gasteiger partial charge is 0.509 e. The monoisotopic (exact) mass is 702 g/mol. The van der Waals surface area contributed by atoms with E-state index < -0.39 is 60.3 Å². The van der Waals surface area contributed by atoms with Crippen molar-refractivity contribution in [2.24, 2.45) is 0 Å². The first kappa shape index (κ1) is 37.0. The molecule has 12 nitrogen and oxygen atoms in total.